The lowest BCUT2D eigenvalue weighted by Crippen LogP contribution is -2.37. The van der Waals surface area contributed by atoms with Gasteiger partial charge in [0.25, 0.3) is 0 Å². The molecule has 1 aliphatic heterocycles. The number of anilines is 3. The molecule has 10 heteroatoms. The van der Waals surface area contributed by atoms with Crippen molar-refractivity contribution in [3.8, 4) is 11.3 Å². The first-order valence-corrected chi connectivity index (χ1v) is 11.3. The van der Waals surface area contributed by atoms with Crippen molar-refractivity contribution < 1.29 is 4.74 Å². The highest BCUT2D eigenvalue weighted by Gasteiger charge is 2.17. The van der Waals surface area contributed by atoms with Crippen LogP contribution in [0.25, 0.3) is 33.2 Å². The molecule has 1 aliphatic rings. The summed E-state index contributed by atoms with van der Waals surface area (Å²) in [5.74, 6) is 1.41. The van der Waals surface area contributed by atoms with E-state index in [0.29, 0.717) is 19.2 Å². The molecule has 6 rings (SSSR count). The second-order valence-electron chi connectivity index (χ2n) is 8.52. The number of nitrogens with zero attached hydrogens (tertiary/aromatic N) is 8. The van der Waals surface area contributed by atoms with Gasteiger partial charge in [-0.25, -0.2) is 9.67 Å². The van der Waals surface area contributed by atoms with Crippen LogP contribution in [0.4, 0.5) is 17.5 Å². The molecule has 0 atom stereocenters. The van der Waals surface area contributed by atoms with Crippen LogP contribution in [-0.4, -0.2) is 61.0 Å². The zero-order valence-electron chi connectivity index (χ0n) is 19.4. The van der Waals surface area contributed by atoms with Crippen LogP contribution in [0.3, 0.4) is 0 Å². The van der Waals surface area contributed by atoms with E-state index >= 15 is 0 Å². The van der Waals surface area contributed by atoms with Crippen LogP contribution in [0.15, 0.2) is 42.5 Å². The lowest BCUT2D eigenvalue weighted by molar-refractivity contribution is 0.122. The Morgan fingerprint density at radius 1 is 0.912 bits per heavy atom. The van der Waals surface area contributed by atoms with Crippen LogP contribution in [0.1, 0.15) is 5.69 Å². The van der Waals surface area contributed by atoms with Gasteiger partial charge in [-0.15, -0.1) is 5.10 Å². The largest absolute Gasteiger partial charge is 0.378 e. The fourth-order valence-corrected chi connectivity index (χ4v) is 4.40. The molecule has 5 aromatic rings. The first-order valence-electron chi connectivity index (χ1n) is 11.3. The van der Waals surface area contributed by atoms with Crippen LogP contribution in [0.2, 0.25) is 0 Å². The second-order valence-corrected chi connectivity index (χ2v) is 8.52. The number of hydrogen-bond acceptors (Lipinski definition) is 8. The van der Waals surface area contributed by atoms with Crippen molar-refractivity contribution in [1.29, 1.82) is 0 Å². The molecule has 0 amide bonds. The summed E-state index contributed by atoms with van der Waals surface area (Å²) in [7, 11) is 3.85. The van der Waals surface area contributed by atoms with Gasteiger partial charge >= 0.3 is 0 Å². The maximum Gasteiger partial charge on any atom is 0.228 e. The quantitative estimate of drug-likeness (QED) is 0.441. The summed E-state index contributed by atoms with van der Waals surface area (Å²) < 4.78 is 9.20. The predicted molar refractivity (Wildman–Crippen MR) is 131 cm³/mol. The minimum absolute atomic E-state index is 0.667. The molecule has 1 N–H and O–H groups in total. The fourth-order valence-electron chi connectivity index (χ4n) is 4.40. The third-order valence-electron chi connectivity index (χ3n) is 6.22. The third kappa shape index (κ3) is 3.61. The number of fused-ring (bicyclic) bond motifs is 2. The molecule has 4 heterocycles. The van der Waals surface area contributed by atoms with E-state index in [2.05, 4.69) is 43.8 Å². The second kappa shape index (κ2) is 8.07. The number of rotatable bonds is 4. The van der Waals surface area contributed by atoms with Gasteiger partial charge in [-0.1, -0.05) is 17.3 Å². The minimum Gasteiger partial charge on any atom is -0.378 e. The van der Waals surface area contributed by atoms with Crippen LogP contribution < -0.4 is 10.2 Å². The number of ether oxygens (including phenoxy) is 1. The van der Waals surface area contributed by atoms with Gasteiger partial charge in [0.2, 0.25) is 5.95 Å². The van der Waals surface area contributed by atoms with Gasteiger partial charge in [0.05, 0.1) is 35.6 Å². The van der Waals surface area contributed by atoms with Crippen molar-refractivity contribution in [1.82, 2.24) is 34.7 Å². The number of benzene rings is 2. The van der Waals surface area contributed by atoms with Crippen molar-refractivity contribution in [2.75, 3.05) is 36.5 Å². The molecular formula is C24H25N9O. The summed E-state index contributed by atoms with van der Waals surface area (Å²) in [4.78, 5) is 11.9. The molecule has 0 saturated carbocycles. The molecule has 0 aliphatic carbocycles. The Hall–Kier alpha value is -4.05. The van der Waals surface area contributed by atoms with E-state index < -0.39 is 0 Å². The maximum atomic E-state index is 5.53. The monoisotopic (exact) mass is 455 g/mol. The zero-order chi connectivity index (χ0) is 23.2. The fraction of sp³-hybridized carbons (Fsp3) is 0.292. The highest BCUT2D eigenvalue weighted by molar-refractivity contribution is 5.87. The Kier molecular flexibility index (Phi) is 4.88. The van der Waals surface area contributed by atoms with Crippen molar-refractivity contribution in [2.45, 2.75) is 6.92 Å². The van der Waals surface area contributed by atoms with Gasteiger partial charge in [-0.3, -0.25) is 4.68 Å². The summed E-state index contributed by atoms with van der Waals surface area (Å²) in [5.41, 5.74) is 6.67. The van der Waals surface area contributed by atoms with E-state index in [4.69, 9.17) is 14.7 Å². The van der Waals surface area contributed by atoms with Crippen LogP contribution >= 0.6 is 0 Å². The standard InChI is InChI=1S/C24H25N9O/c1-15-18-6-4-16(12-21(18)31(2)29-15)20-14-23(27-24(26-20)33-8-10-34-11-9-33)25-17-5-7-19-22(13-17)32(3)30-28-19/h4-7,12-14H,8-11H2,1-3H3,(H,25,26,27). The highest BCUT2D eigenvalue weighted by Crippen LogP contribution is 2.29. The SMILES string of the molecule is Cc1nn(C)c2cc(-c3cc(Nc4ccc5nnn(C)c5c4)nc(N4CCOCC4)n3)ccc12. The molecule has 2 aromatic carbocycles. The van der Waals surface area contributed by atoms with E-state index in [1.165, 1.54) is 0 Å². The van der Waals surface area contributed by atoms with Gasteiger partial charge in [-0.05, 0) is 31.2 Å². The van der Waals surface area contributed by atoms with Crippen molar-refractivity contribution in [3.63, 3.8) is 0 Å². The Morgan fingerprint density at radius 3 is 2.62 bits per heavy atom. The number of nitrogens with one attached hydrogen (secondary N) is 1. The third-order valence-corrected chi connectivity index (χ3v) is 6.22. The van der Waals surface area contributed by atoms with Crippen LogP contribution in [0, 0.1) is 6.92 Å². The molecule has 172 valence electrons. The number of aromatic nitrogens is 7. The van der Waals surface area contributed by atoms with E-state index in [1.807, 2.05) is 50.0 Å². The molecule has 1 fully saturated rings. The average Bonchev–Trinajstić information content (AvgIpc) is 3.37. The van der Waals surface area contributed by atoms with Gasteiger partial charge in [0.15, 0.2) is 0 Å². The molecule has 0 bridgehead atoms. The van der Waals surface area contributed by atoms with Crippen molar-refractivity contribution in [3.05, 3.63) is 48.2 Å². The Labute approximate surface area is 196 Å². The van der Waals surface area contributed by atoms with E-state index in [1.54, 1.807) is 4.68 Å². The van der Waals surface area contributed by atoms with Gasteiger partial charge in [0.1, 0.15) is 11.3 Å². The summed E-state index contributed by atoms with van der Waals surface area (Å²) in [6.45, 7) is 4.88. The topological polar surface area (TPSA) is 98.8 Å². The molecule has 1 saturated heterocycles. The number of hydrogen-bond donors (Lipinski definition) is 1. The molecule has 3 aromatic heterocycles. The maximum absolute atomic E-state index is 5.53. The molecule has 10 nitrogen and oxygen atoms in total. The first kappa shape index (κ1) is 20.5. The first-order chi connectivity index (χ1) is 16.5. The molecule has 34 heavy (non-hydrogen) atoms. The lowest BCUT2D eigenvalue weighted by atomic mass is 10.1. The van der Waals surface area contributed by atoms with Crippen molar-refractivity contribution in [2.24, 2.45) is 14.1 Å². The molecular weight excluding hydrogens is 430 g/mol. The van der Waals surface area contributed by atoms with E-state index in [9.17, 15) is 0 Å². The number of aryl methyl sites for hydroxylation is 3. The van der Waals surface area contributed by atoms with E-state index in [-0.39, 0.29) is 0 Å². The molecule has 0 spiro atoms. The summed E-state index contributed by atoms with van der Waals surface area (Å²) in [6, 6.07) is 14.3. The van der Waals surface area contributed by atoms with Gasteiger partial charge < -0.3 is 15.0 Å². The lowest BCUT2D eigenvalue weighted by Gasteiger charge is -2.27. The van der Waals surface area contributed by atoms with E-state index in [0.717, 1.165) is 63.5 Å². The smallest absolute Gasteiger partial charge is 0.228 e. The summed E-state index contributed by atoms with van der Waals surface area (Å²) in [5, 5.41) is 17.4. The normalized spacial score (nSPS) is 14.3. The average molecular weight is 456 g/mol. The Morgan fingerprint density at radius 2 is 1.76 bits per heavy atom. The van der Waals surface area contributed by atoms with Crippen molar-refractivity contribution >= 4 is 39.4 Å². The number of morpholine rings is 1. The molecule has 0 unspecified atom stereocenters. The molecule has 0 radical (unpaired) electrons. The summed E-state index contributed by atoms with van der Waals surface area (Å²) in [6.07, 6.45) is 0. The van der Waals surface area contributed by atoms with Crippen LogP contribution in [0.5, 0.6) is 0 Å². The van der Waals surface area contributed by atoms with Crippen LogP contribution in [-0.2, 0) is 18.8 Å². The van der Waals surface area contributed by atoms with Gasteiger partial charge in [-0.2, -0.15) is 10.1 Å². The summed E-state index contributed by atoms with van der Waals surface area (Å²) >= 11 is 0. The minimum atomic E-state index is 0.667. The predicted octanol–water partition coefficient (Wildman–Crippen LogP) is 3.20. The highest BCUT2D eigenvalue weighted by atomic mass is 16.5. The van der Waals surface area contributed by atoms with Gasteiger partial charge in [0, 0.05) is 49.9 Å². The zero-order valence-corrected chi connectivity index (χ0v) is 19.4. The Balaban J connectivity index is 1.43. The Bertz CT molecular complexity index is 1510.